The molecule has 0 radical (unpaired) electrons. The smallest absolute Gasteiger partial charge is 0.277 e. The summed E-state index contributed by atoms with van der Waals surface area (Å²) >= 11 is 1.13. The van der Waals surface area contributed by atoms with Gasteiger partial charge < -0.3 is 14.5 Å². The quantitative estimate of drug-likeness (QED) is 0.297. The molecule has 186 valence electrons. The first kappa shape index (κ1) is 25.3. The molecule has 9 nitrogen and oxygen atoms in total. The van der Waals surface area contributed by atoms with Crippen LogP contribution in [0.5, 0.6) is 5.75 Å². The number of anilines is 2. The van der Waals surface area contributed by atoms with Gasteiger partial charge in [0.05, 0.1) is 17.8 Å². The molecule has 0 unspecified atom stereocenters. The van der Waals surface area contributed by atoms with Gasteiger partial charge in [-0.3, -0.25) is 9.52 Å². The minimum atomic E-state index is -3.75. The lowest BCUT2D eigenvalue weighted by Crippen LogP contribution is -2.15. The first-order chi connectivity index (χ1) is 17.2. The number of nitrogens with zero attached hydrogens (tertiary/aromatic N) is 2. The van der Waals surface area contributed by atoms with E-state index in [4.69, 9.17) is 9.15 Å². The Labute approximate surface area is 213 Å². The van der Waals surface area contributed by atoms with Crippen molar-refractivity contribution in [1.29, 1.82) is 0 Å². The first-order valence-corrected chi connectivity index (χ1v) is 13.3. The van der Waals surface area contributed by atoms with Crippen molar-refractivity contribution in [3.63, 3.8) is 0 Å². The molecule has 11 heteroatoms. The SMILES string of the molecule is COc1ccc(S(=O)(=O)Nc2ccc(-c3nnc(SCC(=O)Nc4cccc(C)c4C)o3)cc2)cc1. The van der Waals surface area contributed by atoms with E-state index in [1.807, 2.05) is 32.0 Å². The van der Waals surface area contributed by atoms with Gasteiger partial charge in [0.1, 0.15) is 5.75 Å². The number of methoxy groups -OCH3 is 1. The van der Waals surface area contributed by atoms with Crippen LogP contribution in [0.1, 0.15) is 11.1 Å². The van der Waals surface area contributed by atoms with Crippen LogP contribution >= 0.6 is 11.8 Å². The van der Waals surface area contributed by atoms with E-state index in [1.54, 1.807) is 36.4 Å². The fourth-order valence-electron chi connectivity index (χ4n) is 3.23. The van der Waals surface area contributed by atoms with Crippen LogP contribution in [-0.4, -0.2) is 37.4 Å². The van der Waals surface area contributed by atoms with E-state index in [9.17, 15) is 13.2 Å². The van der Waals surface area contributed by atoms with Gasteiger partial charge in [-0.15, -0.1) is 10.2 Å². The van der Waals surface area contributed by atoms with Gasteiger partial charge in [-0.05, 0) is 79.6 Å². The summed E-state index contributed by atoms with van der Waals surface area (Å²) in [5.74, 6) is 0.762. The fraction of sp³-hybridized carbons (Fsp3) is 0.160. The Morgan fingerprint density at radius 3 is 2.42 bits per heavy atom. The monoisotopic (exact) mass is 524 g/mol. The van der Waals surface area contributed by atoms with E-state index in [2.05, 4.69) is 20.2 Å². The number of sulfonamides is 1. The van der Waals surface area contributed by atoms with Gasteiger partial charge in [0.15, 0.2) is 0 Å². The summed E-state index contributed by atoms with van der Waals surface area (Å²) in [6.45, 7) is 3.94. The molecule has 4 rings (SSSR count). The summed E-state index contributed by atoms with van der Waals surface area (Å²) in [4.78, 5) is 12.4. The van der Waals surface area contributed by atoms with Crippen molar-refractivity contribution in [3.8, 4) is 17.2 Å². The number of ether oxygens (including phenoxy) is 1. The number of carbonyl (C=O) groups is 1. The average Bonchev–Trinajstić information content (AvgIpc) is 3.35. The molecule has 1 aromatic heterocycles. The van der Waals surface area contributed by atoms with Crippen molar-refractivity contribution in [3.05, 3.63) is 77.9 Å². The van der Waals surface area contributed by atoms with E-state index in [0.29, 0.717) is 17.0 Å². The topological polar surface area (TPSA) is 123 Å². The second-order valence-corrected chi connectivity index (χ2v) is 10.4. The molecular weight excluding hydrogens is 500 g/mol. The molecule has 1 heterocycles. The number of nitrogens with one attached hydrogen (secondary N) is 2. The summed E-state index contributed by atoms with van der Waals surface area (Å²) in [5.41, 5.74) is 3.88. The Bertz CT molecular complexity index is 1470. The fourth-order valence-corrected chi connectivity index (χ4v) is 4.86. The number of aryl methyl sites for hydroxylation is 1. The zero-order valence-corrected chi connectivity index (χ0v) is 21.4. The highest BCUT2D eigenvalue weighted by atomic mass is 32.2. The maximum Gasteiger partial charge on any atom is 0.277 e. The van der Waals surface area contributed by atoms with Crippen LogP contribution in [0.15, 0.2) is 81.3 Å². The maximum absolute atomic E-state index is 12.6. The lowest BCUT2D eigenvalue weighted by Gasteiger charge is -2.09. The third-order valence-electron chi connectivity index (χ3n) is 5.37. The second kappa shape index (κ2) is 10.8. The predicted molar refractivity (Wildman–Crippen MR) is 139 cm³/mol. The molecule has 0 spiro atoms. The molecule has 0 aliphatic carbocycles. The van der Waals surface area contributed by atoms with Gasteiger partial charge in [-0.2, -0.15) is 0 Å². The van der Waals surface area contributed by atoms with Crippen LogP contribution in [0.3, 0.4) is 0 Å². The molecule has 36 heavy (non-hydrogen) atoms. The number of aromatic nitrogens is 2. The molecular formula is C25H24N4O5S2. The minimum Gasteiger partial charge on any atom is -0.497 e. The summed E-state index contributed by atoms with van der Waals surface area (Å²) < 4.78 is 38.5. The number of carbonyl (C=O) groups excluding carboxylic acids is 1. The summed E-state index contributed by atoms with van der Waals surface area (Å²) in [6, 6.07) is 18.4. The summed E-state index contributed by atoms with van der Waals surface area (Å²) in [6.07, 6.45) is 0. The van der Waals surface area contributed by atoms with Gasteiger partial charge >= 0.3 is 0 Å². The normalized spacial score (nSPS) is 11.2. The maximum atomic E-state index is 12.6. The van der Waals surface area contributed by atoms with Gasteiger partial charge in [0.25, 0.3) is 15.2 Å². The van der Waals surface area contributed by atoms with Crippen molar-refractivity contribution >= 4 is 39.1 Å². The Morgan fingerprint density at radius 2 is 1.72 bits per heavy atom. The molecule has 2 N–H and O–H groups in total. The Balaban J connectivity index is 1.35. The highest BCUT2D eigenvalue weighted by molar-refractivity contribution is 7.99. The molecule has 0 aliphatic rings. The van der Waals surface area contributed by atoms with Crippen LogP contribution in [0.25, 0.3) is 11.5 Å². The van der Waals surface area contributed by atoms with Crippen molar-refractivity contribution in [1.82, 2.24) is 10.2 Å². The lowest BCUT2D eigenvalue weighted by molar-refractivity contribution is -0.113. The van der Waals surface area contributed by atoms with Crippen molar-refractivity contribution in [2.75, 3.05) is 22.9 Å². The van der Waals surface area contributed by atoms with Gasteiger partial charge in [-0.1, -0.05) is 23.9 Å². The van der Waals surface area contributed by atoms with Gasteiger partial charge in [0, 0.05) is 16.9 Å². The highest BCUT2D eigenvalue weighted by Crippen LogP contribution is 2.26. The Hall–Kier alpha value is -3.83. The van der Waals surface area contributed by atoms with Crippen LogP contribution in [-0.2, 0) is 14.8 Å². The molecule has 0 fully saturated rings. The van der Waals surface area contributed by atoms with Crippen LogP contribution in [0, 0.1) is 13.8 Å². The second-order valence-electron chi connectivity index (χ2n) is 7.82. The molecule has 0 saturated heterocycles. The van der Waals surface area contributed by atoms with Crippen molar-refractivity contribution in [2.45, 2.75) is 24.0 Å². The third-order valence-corrected chi connectivity index (χ3v) is 7.58. The van der Waals surface area contributed by atoms with Crippen molar-refractivity contribution in [2.24, 2.45) is 0 Å². The zero-order chi connectivity index (χ0) is 25.7. The summed E-state index contributed by atoms with van der Waals surface area (Å²) in [5, 5.41) is 11.2. The number of rotatable bonds is 9. The average molecular weight is 525 g/mol. The molecule has 0 aliphatic heterocycles. The Morgan fingerprint density at radius 1 is 1.00 bits per heavy atom. The molecule has 3 aromatic carbocycles. The number of amides is 1. The largest absolute Gasteiger partial charge is 0.497 e. The summed E-state index contributed by atoms with van der Waals surface area (Å²) in [7, 11) is -2.24. The third kappa shape index (κ3) is 6.04. The zero-order valence-electron chi connectivity index (χ0n) is 19.8. The molecule has 0 saturated carbocycles. The molecule has 1 amide bonds. The van der Waals surface area contributed by atoms with E-state index in [-0.39, 0.29) is 27.7 Å². The van der Waals surface area contributed by atoms with E-state index >= 15 is 0 Å². The highest BCUT2D eigenvalue weighted by Gasteiger charge is 2.16. The van der Waals surface area contributed by atoms with E-state index in [1.165, 1.54) is 19.2 Å². The number of hydrogen-bond acceptors (Lipinski definition) is 8. The minimum absolute atomic E-state index is 0.112. The molecule has 0 atom stereocenters. The van der Waals surface area contributed by atoms with Gasteiger partial charge in [0.2, 0.25) is 11.8 Å². The number of hydrogen-bond donors (Lipinski definition) is 2. The van der Waals surface area contributed by atoms with Crippen LogP contribution in [0.4, 0.5) is 11.4 Å². The number of thioether (sulfide) groups is 1. The predicted octanol–water partition coefficient (Wildman–Crippen LogP) is 4.89. The molecule has 4 aromatic rings. The van der Waals surface area contributed by atoms with Crippen LogP contribution < -0.4 is 14.8 Å². The number of benzene rings is 3. The van der Waals surface area contributed by atoms with E-state index in [0.717, 1.165) is 28.6 Å². The standard InChI is InChI=1S/C25H24N4O5S2/c1-16-5-4-6-22(17(16)2)26-23(30)15-35-25-28-27-24(34-25)18-7-9-19(10-8-18)29-36(31,32)21-13-11-20(33-3)12-14-21/h4-14,29H,15H2,1-3H3,(H,26,30). The van der Waals surface area contributed by atoms with Crippen molar-refractivity contribution < 1.29 is 22.4 Å². The molecule has 0 bridgehead atoms. The van der Waals surface area contributed by atoms with E-state index < -0.39 is 10.0 Å². The van der Waals surface area contributed by atoms with Crippen LogP contribution in [0.2, 0.25) is 0 Å². The first-order valence-electron chi connectivity index (χ1n) is 10.8. The lowest BCUT2D eigenvalue weighted by atomic mass is 10.1. The van der Waals surface area contributed by atoms with Gasteiger partial charge in [-0.25, -0.2) is 8.42 Å². The Kier molecular flexibility index (Phi) is 7.61.